The highest BCUT2D eigenvalue weighted by atomic mass is 79.9. The summed E-state index contributed by atoms with van der Waals surface area (Å²) in [5.41, 5.74) is 2.15. The largest absolute Gasteiger partial charge is 0.325 e. The van der Waals surface area contributed by atoms with Gasteiger partial charge in [0.25, 0.3) is 0 Å². The minimum atomic E-state index is 0.0338. The molecule has 0 saturated carbocycles. The van der Waals surface area contributed by atoms with E-state index in [-0.39, 0.29) is 5.91 Å². The van der Waals surface area contributed by atoms with Crippen molar-refractivity contribution in [2.45, 2.75) is 13.0 Å². The first-order valence-corrected chi connectivity index (χ1v) is 10.4. The molecule has 138 valence electrons. The fourth-order valence-corrected chi connectivity index (χ4v) is 4.51. The van der Waals surface area contributed by atoms with Crippen molar-refractivity contribution in [1.82, 2.24) is 9.80 Å². The second kappa shape index (κ2) is 9.65. The van der Waals surface area contributed by atoms with Crippen molar-refractivity contribution in [3.8, 4) is 0 Å². The van der Waals surface area contributed by atoms with Gasteiger partial charge in [0.15, 0.2) is 0 Å². The Balaban J connectivity index is 1.48. The van der Waals surface area contributed by atoms with Gasteiger partial charge >= 0.3 is 0 Å². The first kappa shape index (κ1) is 19.5. The van der Waals surface area contributed by atoms with Crippen LogP contribution in [0.2, 0.25) is 0 Å². The molecule has 0 unspecified atom stereocenters. The Kier molecular flexibility index (Phi) is 7.25. The summed E-state index contributed by atoms with van der Waals surface area (Å²) >= 11 is 6.90. The predicted molar refractivity (Wildman–Crippen MR) is 113 cm³/mol. The lowest BCUT2D eigenvalue weighted by Gasteiger charge is -2.21. The van der Waals surface area contributed by atoms with Crippen LogP contribution in [-0.4, -0.2) is 48.4 Å². The van der Waals surface area contributed by atoms with Crippen LogP contribution >= 0.6 is 31.9 Å². The van der Waals surface area contributed by atoms with E-state index < -0.39 is 0 Å². The van der Waals surface area contributed by atoms with E-state index >= 15 is 0 Å². The summed E-state index contributed by atoms with van der Waals surface area (Å²) in [6.07, 6.45) is 1.09. The molecule has 1 aliphatic rings. The molecule has 1 amide bonds. The fraction of sp³-hybridized carbons (Fsp3) is 0.350. The van der Waals surface area contributed by atoms with Gasteiger partial charge in [0.2, 0.25) is 5.91 Å². The van der Waals surface area contributed by atoms with E-state index in [2.05, 4.69) is 77.3 Å². The van der Waals surface area contributed by atoms with Gasteiger partial charge in [-0.05, 0) is 43.3 Å². The molecule has 26 heavy (non-hydrogen) atoms. The molecule has 0 aromatic heterocycles. The highest BCUT2D eigenvalue weighted by molar-refractivity contribution is 9.11. The van der Waals surface area contributed by atoms with E-state index in [0.717, 1.165) is 53.8 Å². The van der Waals surface area contributed by atoms with Gasteiger partial charge in [-0.15, -0.1) is 0 Å². The van der Waals surface area contributed by atoms with Crippen LogP contribution in [0.3, 0.4) is 0 Å². The maximum atomic E-state index is 12.4. The highest BCUT2D eigenvalue weighted by Crippen LogP contribution is 2.23. The number of amides is 1. The van der Waals surface area contributed by atoms with Crippen molar-refractivity contribution in [1.29, 1.82) is 0 Å². The van der Waals surface area contributed by atoms with Crippen molar-refractivity contribution >= 4 is 43.5 Å². The van der Waals surface area contributed by atoms with E-state index in [1.165, 1.54) is 5.56 Å². The monoisotopic (exact) mass is 479 g/mol. The second-order valence-corrected chi connectivity index (χ2v) is 8.43. The zero-order valence-electron chi connectivity index (χ0n) is 14.6. The topological polar surface area (TPSA) is 35.6 Å². The predicted octanol–water partition coefficient (Wildman–Crippen LogP) is 4.36. The third kappa shape index (κ3) is 6.20. The quantitative estimate of drug-likeness (QED) is 0.690. The Morgan fingerprint density at radius 2 is 1.58 bits per heavy atom. The summed E-state index contributed by atoms with van der Waals surface area (Å²) in [6.45, 7) is 5.36. The van der Waals surface area contributed by atoms with Crippen LogP contribution in [0.1, 0.15) is 12.0 Å². The van der Waals surface area contributed by atoms with Crippen molar-refractivity contribution in [3.05, 3.63) is 63.0 Å². The Morgan fingerprint density at radius 1 is 0.923 bits per heavy atom. The lowest BCUT2D eigenvalue weighted by molar-refractivity contribution is -0.117. The van der Waals surface area contributed by atoms with Crippen LogP contribution in [0.4, 0.5) is 5.69 Å². The summed E-state index contributed by atoms with van der Waals surface area (Å²) in [5, 5.41) is 2.99. The molecular weight excluding hydrogens is 458 g/mol. The van der Waals surface area contributed by atoms with Crippen LogP contribution in [0.25, 0.3) is 0 Å². The van der Waals surface area contributed by atoms with E-state index in [1.54, 1.807) is 0 Å². The van der Waals surface area contributed by atoms with Crippen LogP contribution < -0.4 is 5.32 Å². The van der Waals surface area contributed by atoms with Crippen LogP contribution in [0.5, 0.6) is 0 Å². The molecule has 6 heteroatoms. The molecule has 0 bridgehead atoms. The van der Waals surface area contributed by atoms with Gasteiger partial charge in [0.1, 0.15) is 0 Å². The number of benzene rings is 2. The first-order valence-electron chi connectivity index (χ1n) is 8.83. The molecule has 0 aliphatic carbocycles. The smallest absolute Gasteiger partial charge is 0.238 e. The number of rotatable bonds is 5. The average Bonchev–Trinajstić information content (AvgIpc) is 2.80. The lowest BCUT2D eigenvalue weighted by atomic mass is 10.2. The number of carbonyl (C=O) groups excluding carboxylic acids is 1. The minimum Gasteiger partial charge on any atom is -0.325 e. The second-order valence-electron chi connectivity index (χ2n) is 6.60. The number of nitrogens with one attached hydrogen (secondary N) is 1. The van der Waals surface area contributed by atoms with E-state index in [9.17, 15) is 4.79 Å². The van der Waals surface area contributed by atoms with Gasteiger partial charge in [-0.2, -0.15) is 0 Å². The molecule has 0 atom stereocenters. The minimum absolute atomic E-state index is 0.0338. The lowest BCUT2D eigenvalue weighted by Crippen LogP contribution is -2.36. The normalized spacial score (nSPS) is 16.2. The third-order valence-corrected chi connectivity index (χ3v) is 5.36. The van der Waals surface area contributed by atoms with Crippen molar-refractivity contribution in [2.24, 2.45) is 0 Å². The Bertz CT molecular complexity index is 719. The summed E-state index contributed by atoms with van der Waals surface area (Å²) in [4.78, 5) is 17.1. The molecule has 1 fully saturated rings. The van der Waals surface area contributed by atoms with E-state index in [4.69, 9.17) is 0 Å². The van der Waals surface area contributed by atoms with Gasteiger partial charge < -0.3 is 5.32 Å². The zero-order valence-corrected chi connectivity index (χ0v) is 17.8. The molecule has 2 aromatic rings. The van der Waals surface area contributed by atoms with Gasteiger partial charge in [-0.3, -0.25) is 14.6 Å². The van der Waals surface area contributed by atoms with Gasteiger partial charge in [-0.1, -0.05) is 62.2 Å². The molecule has 1 heterocycles. The number of carbonyl (C=O) groups is 1. The molecule has 1 saturated heterocycles. The maximum absolute atomic E-state index is 12.4. The molecule has 1 aliphatic heterocycles. The Hall–Kier alpha value is -1.21. The molecule has 4 nitrogen and oxygen atoms in total. The number of hydrogen-bond donors (Lipinski definition) is 1. The summed E-state index contributed by atoms with van der Waals surface area (Å²) in [6, 6.07) is 16.3. The number of hydrogen-bond acceptors (Lipinski definition) is 3. The standard InChI is InChI=1S/C20H23Br2N3O/c21-17-11-18(22)13-19(12-17)23-20(26)15-25-8-4-7-24(9-10-25)14-16-5-2-1-3-6-16/h1-3,5-6,11-13H,4,7-10,14-15H2,(H,23,26). The van der Waals surface area contributed by atoms with Crippen LogP contribution in [0, 0.1) is 0 Å². The molecule has 0 radical (unpaired) electrons. The van der Waals surface area contributed by atoms with Crippen molar-refractivity contribution in [3.63, 3.8) is 0 Å². The fourth-order valence-electron chi connectivity index (χ4n) is 3.21. The molecule has 1 N–H and O–H groups in total. The summed E-state index contributed by atoms with van der Waals surface area (Å²) < 4.78 is 1.88. The number of nitrogens with zero attached hydrogens (tertiary/aromatic N) is 2. The van der Waals surface area contributed by atoms with Gasteiger partial charge in [-0.25, -0.2) is 0 Å². The van der Waals surface area contributed by atoms with Crippen molar-refractivity contribution in [2.75, 3.05) is 38.0 Å². The number of anilines is 1. The Morgan fingerprint density at radius 3 is 2.31 bits per heavy atom. The SMILES string of the molecule is O=C(CN1CCCN(Cc2ccccc2)CC1)Nc1cc(Br)cc(Br)c1. The maximum Gasteiger partial charge on any atom is 0.238 e. The van der Waals surface area contributed by atoms with Crippen LogP contribution in [0.15, 0.2) is 57.5 Å². The first-order chi connectivity index (χ1) is 12.6. The summed E-state index contributed by atoms with van der Waals surface area (Å²) in [5.74, 6) is 0.0338. The average molecular weight is 481 g/mol. The van der Waals surface area contributed by atoms with Gasteiger partial charge in [0.05, 0.1) is 6.54 Å². The zero-order chi connectivity index (χ0) is 18.4. The molecule has 2 aromatic carbocycles. The number of halogens is 2. The highest BCUT2D eigenvalue weighted by Gasteiger charge is 2.17. The van der Waals surface area contributed by atoms with Gasteiger partial charge in [0, 0.05) is 34.3 Å². The summed E-state index contributed by atoms with van der Waals surface area (Å²) in [7, 11) is 0. The van der Waals surface area contributed by atoms with Crippen LogP contribution in [-0.2, 0) is 11.3 Å². The molecule has 0 spiro atoms. The third-order valence-electron chi connectivity index (χ3n) is 4.44. The van der Waals surface area contributed by atoms with E-state index in [0.29, 0.717) is 6.54 Å². The Labute approximate surface area is 171 Å². The molecular formula is C20H23Br2N3O. The molecule has 3 rings (SSSR count). The van der Waals surface area contributed by atoms with E-state index in [1.807, 2.05) is 18.2 Å². The van der Waals surface area contributed by atoms with Crippen molar-refractivity contribution < 1.29 is 4.79 Å².